The Morgan fingerprint density at radius 3 is 2.70 bits per heavy atom. The Kier molecular flexibility index (Phi) is 5.46. The van der Waals surface area contributed by atoms with Crippen molar-refractivity contribution < 1.29 is 4.74 Å². The van der Waals surface area contributed by atoms with Crippen LogP contribution >= 0.6 is 27.5 Å². The molecule has 2 rings (SSSR count). The van der Waals surface area contributed by atoms with Gasteiger partial charge in [0.25, 0.3) is 0 Å². The number of nitrogens with one attached hydrogen (secondary N) is 1. The second-order valence-electron chi connectivity index (χ2n) is 4.56. The number of rotatable bonds is 5. The lowest BCUT2D eigenvalue weighted by Gasteiger charge is -2.18. The number of hydrogen-bond donors (Lipinski definition) is 1. The summed E-state index contributed by atoms with van der Waals surface area (Å²) in [5.41, 5.74) is 2.37. The van der Waals surface area contributed by atoms with Crippen LogP contribution in [0.1, 0.15) is 17.2 Å². The molecule has 4 heteroatoms. The Morgan fingerprint density at radius 1 is 1.25 bits per heavy atom. The molecule has 2 nitrogen and oxygen atoms in total. The summed E-state index contributed by atoms with van der Waals surface area (Å²) in [7, 11) is 3.64. The second kappa shape index (κ2) is 7.11. The Morgan fingerprint density at radius 2 is 2.05 bits per heavy atom. The highest BCUT2D eigenvalue weighted by molar-refractivity contribution is 9.10. The van der Waals surface area contributed by atoms with Crippen LogP contribution < -0.4 is 10.1 Å². The third-order valence-electron chi connectivity index (χ3n) is 3.28. The topological polar surface area (TPSA) is 21.3 Å². The molecule has 0 saturated heterocycles. The van der Waals surface area contributed by atoms with Gasteiger partial charge in [-0.05, 0) is 54.9 Å². The summed E-state index contributed by atoms with van der Waals surface area (Å²) in [6.45, 7) is 0. The first-order valence-corrected chi connectivity index (χ1v) is 7.56. The van der Waals surface area contributed by atoms with E-state index in [2.05, 4.69) is 33.4 Å². The minimum atomic E-state index is 0.206. The van der Waals surface area contributed by atoms with E-state index < -0.39 is 0 Å². The van der Waals surface area contributed by atoms with E-state index in [1.807, 2.05) is 37.4 Å². The van der Waals surface area contributed by atoms with Crippen molar-refractivity contribution in [3.8, 4) is 5.75 Å². The number of benzene rings is 2. The van der Waals surface area contributed by atoms with Crippen molar-refractivity contribution in [2.45, 2.75) is 12.5 Å². The van der Waals surface area contributed by atoms with Gasteiger partial charge in [0.2, 0.25) is 0 Å². The van der Waals surface area contributed by atoms with Crippen molar-refractivity contribution in [3.05, 3.63) is 63.1 Å². The smallest absolute Gasteiger partial charge is 0.119 e. The summed E-state index contributed by atoms with van der Waals surface area (Å²) in [5, 5.41) is 4.10. The second-order valence-corrected chi connectivity index (χ2v) is 5.85. The first kappa shape index (κ1) is 15.4. The van der Waals surface area contributed by atoms with Gasteiger partial charge in [-0.2, -0.15) is 0 Å². The quantitative estimate of drug-likeness (QED) is 0.846. The SMILES string of the molecule is CNC(Cc1cc(OC)ccc1Br)c1cccc(Cl)c1. The largest absolute Gasteiger partial charge is 0.497 e. The molecular formula is C16H17BrClNO. The van der Waals surface area contributed by atoms with Crippen molar-refractivity contribution in [2.75, 3.05) is 14.2 Å². The zero-order chi connectivity index (χ0) is 14.5. The summed E-state index contributed by atoms with van der Waals surface area (Å²) < 4.78 is 6.37. The minimum Gasteiger partial charge on any atom is -0.497 e. The number of halogens is 2. The monoisotopic (exact) mass is 353 g/mol. The molecule has 1 unspecified atom stereocenters. The highest BCUT2D eigenvalue weighted by Crippen LogP contribution is 2.28. The van der Waals surface area contributed by atoms with Crippen LogP contribution in [-0.2, 0) is 6.42 Å². The molecule has 0 spiro atoms. The third-order valence-corrected chi connectivity index (χ3v) is 4.29. The zero-order valence-corrected chi connectivity index (χ0v) is 13.8. The number of ether oxygens (including phenoxy) is 1. The molecule has 0 heterocycles. The normalized spacial score (nSPS) is 12.2. The van der Waals surface area contributed by atoms with Crippen molar-refractivity contribution in [1.29, 1.82) is 0 Å². The van der Waals surface area contributed by atoms with Crippen molar-refractivity contribution in [3.63, 3.8) is 0 Å². The molecule has 0 saturated carbocycles. The third kappa shape index (κ3) is 3.75. The molecule has 1 atom stereocenters. The lowest BCUT2D eigenvalue weighted by Crippen LogP contribution is -2.19. The molecule has 20 heavy (non-hydrogen) atoms. The first-order chi connectivity index (χ1) is 9.63. The van der Waals surface area contributed by atoms with Gasteiger partial charge in [0.15, 0.2) is 0 Å². The van der Waals surface area contributed by atoms with Gasteiger partial charge >= 0.3 is 0 Å². The van der Waals surface area contributed by atoms with Crippen LogP contribution in [0.4, 0.5) is 0 Å². The maximum absolute atomic E-state index is 6.07. The van der Waals surface area contributed by atoms with E-state index in [9.17, 15) is 0 Å². The fourth-order valence-corrected chi connectivity index (χ4v) is 2.77. The molecule has 0 radical (unpaired) electrons. The van der Waals surface area contributed by atoms with Crippen LogP contribution in [-0.4, -0.2) is 14.2 Å². The summed E-state index contributed by atoms with van der Waals surface area (Å²) in [4.78, 5) is 0. The number of hydrogen-bond acceptors (Lipinski definition) is 2. The molecular weight excluding hydrogens is 338 g/mol. The van der Waals surface area contributed by atoms with E-state index in [0.29, 0.717) is 0 Å². The average Bonchev–Trinajstić information content (AvgIpc) is 2.46. The van der Waals surface area contributed by atoms with E-state index in [-0.39, 0.29) is 6.04 Å². The number of methoxy groups -OCH3 is 1. The molecule has 0 aromatic heterocycles. The van der Waals surface area contributed by atoms with Gasteiger partial charge < -0.3 is 10.1 Å². The predicted molar refractivity (Wildman–Crippen MR) is 87.7 cm³/mol. The fraction of sp³-hybridized carbons (Fsp3) is 0.250. The van der Waals surface area contributed by atoms with Crippen molar-refractivity contribution in [2.24, 2.45) is 0 Å². The van der Waals surface area contributed by atoms with Crippen LogP contribution in [0.2, 0.25) is 5.02 Å². The van der Waals surface area contributed by atoms with Crippen LogP contribution in [0.3, 0.4) is 0 Å². The molecule has 0 aliphatic heterocycles. The van der Waals surface area contributed by atoms with Gasteiger partial charge in [0, 0.05) is 15.5 Å². The van der Waals surface area contributed by atoms with Crippen molar-refractivity contribution in [1.82, 2.24) is 5.32 Å². The lowest BCUT2D eigenvalue weighted by molar-refractivity contribution is 0.414. The molecule has 0 amide bonds. The van der Waals surface area contributed by atoms with E-state index in [1.165, 1.54) is 11.1 Å². The highest BCUT2D eigenvalue weighted by Gasteiger charge is 2.13. The Labute approximate surface area is 133 Å². The molecule has 2 aromatic carbocycles. The van der Waals surface area contributed by atoms with E-state index in [4.69, 9.17) is 16.3 Å². The lowest BCUT2D eigenvalue weighted by atomic mass is 9.99. The van der Waals surface area contributed by atoms with Gasteiger partial charge in [-0.3, -0.25) is 0 Å². The maximum atomic E-state index is 6.07. The Bertz CT molecular complexity index is 588. The molecule has 0 fully saturated rings. The van der Waals surface area contributed by atoms with Gasteiger partial charge in [-0.15, -0.1) is 0 Å². The Hall–Kier alpha value is -1.03. The average molecular weight is 355 g/mol. The van der Waals surface area contributed by atoms with Gasteiger partial charge in [0.1, 0.15) is 5.75 Å². The summed E-state index contributed by atoms with van der Waals surface area (Å²) in [6.07, 6.45) is 0.856. The summed E-state index contributed by atoms with van der Waals surface area (Å²) >= 11 is 9.67. The molecule has 0 aliphatic carbocycles. The van der Waals surface area contributed by atoms with Crippen LogP contribution in [0, 0.1) is 0 Å². The Balaban J connectivity index is 2.26. The fourth-order valence-electron chi connectivity index (χ4n) is 2.16. The van der Waals surface area contributed by atoms with Gasteiger partial charge in [0.05, 0.1) is 7.11 Å². The van der Waals surface area contributed by atoms with Crippen LogP contribution in [0.15, 0.2) is 46.9 Å². The van der Waals surface area contributed by atoms with Crippen molar-refractivity contribution >= 4 is 27.5 Å². The molecule has 1 N–H and O–H groups in total. The summed E-state index contributed by atoms with van der Waals surface area (Å²) in [5.74, 6) is 0.865. The van der Waals surface area contributed by atoms with E-state index >= 15 is 0 Å². The number of likely N-dealkylation sites (N-methyl/N-ethyl adjacent to an activating group) is 1. The minimum absolute atomic E-state index is 0.206. The molecule has 0 bridgehead atoms. The van der Waals surface area contributed by atoms with Crippen LogP contribution in [0.25, 0.3) is 0 Å². The standard InChI is InChI=1S/C16H17BrClNO/c1-19-16(11-4-3-5-13(18)8-11)10-12-9-14(20-2)6-7-15(12)17/h3-9,16,19H,10H2,1-2H3. The first-order valence-electron chi connectivity index (χ1n) is 6.39. The van der Waals surface area contributed by atoms with E-state index in [1.54, 1.807) is 7.11 Å². The van der Waals surface area contributed by atoms with Gasteiger partial charge in [-0.25, -0.2) is 0 Å². The molecule has 106 valence electrons. The predicted octanol–water partition coefficient (Wildman–Crippen LogP) is 4.61. The zero-order valence-electron chi connectivity index (χ0n) is 11.5. The highest BCUT2D eigenvalue weighted by atomic mass is 79.9. The molecule has 2 aromatic rings. The maximum Gasteiger partial charge on any atom is 0.119 e. The van der Waals surface area contributed by atoms with E-state index in [0.717, 1.165) is 21.7 Å². The van der Waals surface area contributed by atoms with Crippen LogP contribution in [0.5, 0.6) is 5.75 Å². The summed E-state index contributed by atoms with van der Waals surface area (Å²) in [6, 6.07) is 14.2. The van der Waals surface area contributed by atoms with Gasteiger partial charge in [-0.1, -0.05) is 39.7 Å². The molecule has 0 aliphatic rings.